The molecule has 4 nitrogen and oxygen atoms in total. The summed E-state index contributed by atoms with van der Waals surface area (Å²) in [6, 6.07) is 0. The Morgan fingerprint density at radius 3 is 0.706 bits per heavy atom. The smallest absolute Gasteiger partial charge is 0.0414 e. The number of carbonyl (C=O) groups is 2. The minimum Gasteiger partial charge on any atom is -0.550 e. The summed E-state index contributed by atoms with van der Waals surface area (Å²) in [5, 5.41) is 20.3. The number of aliphatic carboxylic acids is 2. The number of carboxylic acid groups (broad SMARTS) is 2. The molecule has 0 saturated heterocycles. The van der Waals surface area contributed by atoms with Gasteiger partial charge in [-0.2, -0.15) is 0 Å². The van der Waals surface area contributed by atoms with Gasteiger partial charge >= 0.3 is 0 Å². The second-order valence-corrected chi connectivity index (χ2v) is 10.0. The SMILES string of the molecule is CCCCCCCCCCCCCC(=O)[O-].CCCCCCCCCCCCCCCC(=O)[O-]. The molecule has 204 valence electrons. The average Bonchev–Trinajstić information content (AvgIpc) is 2.80. The first-order chi connectivity index (χ1) is 16.5. The van der Waals surface area contributed by atoms with Crippen molar-refractivity contribution in [3.05, 3.63) is 0 Å². The Morgan fingerprint density at radius 2 is 0.529 bits per heavy atom. The van der Waals surface area contributed by atoms with Crippen LogP contribution in [0.3, 0.4) is 0 Å². The van der Waals surface area contributed by atoms with E-state index in [1.165, 1.54) is 128 Å². The summed E-state index contributed by atoms with van der Waals surface area (Å²) in [4.78, 5) is 20.3. The van der Waals surface area contributed by atoms with E-state index in [1.54, 1.807) is 0 Å². The Balaban J connectivity index is 0. The fraction of sp³-hybridized carbons (Fsp3) is 0.933. The van der Waals surface area contributed by atoms with Gasteiger partial charge in [-0.1, -0.05) is 155 Å². The third kappa shape index (κ3) is 38.2. The van der Waals surface area contributed by atoms with Crippen molar-refractivity contribution >= 4 is 11.9 Å². The lowest BCUT2D eigenvalue weighted by atomic mass is 10.0. The molecule has 0 aromatic heterocycles. The highest BCUT2D eigenvalue weighted by atomic mass is 16.4. The lowest BCUT2D eigenvalue weighted by Gasteiger charge is -2.03. The molecule has 0 fully saturated rings. The van der Waals surface area contributed by atoms with Gasteiger partial charge in [0.05, 0.1) is 0 Å². The van der Waals surface area contributed by atoms with E-state index in [9.17, 15) is 19.8 Å². The third-order valence-electron chi connectivity index (χ3n) is 6.47. The molecule has 0 rings (SSSR count). The molecular formula is C30H58O4-2. The van der Waals surface area contributed by atoms with E-state index < -0.39 is 11.9 Å². The van der Waals surface area contributed by atoms with E-state index >= 15 is 0 Å². The van der Waals surface area contributed by atoms with Crippen LogP contribution in [0, 0.1) is 0 Å². The predicted octanol–water partition coefficient (Wildman–Crippen LogP) is 7.66. The van der Waals surface area contributed by atoms with Gasteiger partial charge in [0, 0.05) is 11.9 Å². The summed E-state index contributed by atoms with van der Waals surface area (Å²) >= 11 is 0. The highest BCUT2D eigenvalue weighted by Gasteiger charge is 1.95. The monoisotopic (exact) mass is 482 g/mol. The van der Waals surface area contributed by atoms with Gasteiger partial charge in [-0.25, -0.2) is 0 Å². The largest absolute Gasteiger partial charge is 0.550 e. The topological polar surface area (TPSA) is 80.3 Å². The van der Waals surface area contributed by atoms with E-state index in [0.29, 0.717) is 0 Å². The first-order valence-corrected chi connectivity index (χ1v) is 14.9. The summed E-state index contributed by atoms with van der Waals surface area (Å²) in [5.41, 5.74) is 0. The maximum atomic E-state index is 10.2. The van der Waals surface area contributed by atoms with Crippen molar-refractivity contribution < 1.29 is 19.8 Å². The number of rotatable bonds is 26. The van der Waals surface area contributed by atoms with Crippen LogP contribution in [0.2, 0.25) is 0 Å². The summed E-state index contributed by atoms with van der Waals surface area (Å²) in [6.45, 7) is 4.50. The summed E-state index contributed by atoms with van der Waals surface area (Å²) < 4.78 is 0. The van der Waals surface area contributed by atoms with Crippen molar-refractivity contribution in [1.82, 2.24) is 0 Å². The van der Waals surface area contributed by atoms with Crippen LogP contribution >= 0.6 is 0 Å². The molecule has 0 N–H and O–H groups in total. The lowest BCUT2D eigenvalue weighted by molar-refractivity contribution is -0.307. The minimum atomic E-state index is -0.907. The number of carboxylic acids is 2. The molecule has 0 aliphatic rings. The second-order valence-electron chi connectivity index (χ2n) is 10.0. The van der Waals surface area contributed by atoms with Crippen molar-refractivity contribution in [3.8, 4) is 0 Å². The number of carbonyl (C=O) groups excluding carboxylic acids is 2. The summed E-state index contributed by atoms with van der Waals surface area (Å²) in [5.74, 6) is -1.81. The normalized spacial score (nSPS) is 10.6. The van der Waals surface area contributed by atoms with E-state index in [0.717, 1.165) is 25.7 Å². The average molecular weight is 483 g/mol. The zero-order valence-corrected chi connectivity index (χ0v) is 23.0. The van der Waals surface area contributed by atoms with E-state index in [4.69, 9.17) is 0 Å². The Kier molecular flexibility index (Phi) is 33.0. The number of unbranched alkanes of at least 4 members (excludes halogenated alkanes) is 22. The van der Waals surface area contributed by atoms with Gasteiger partial charge in [0.15, 0.2) is 0 Å². The fourth-order valence-electron chi connectivity index (χ4n) is 4.22. The van der Waals surface area contributed by atoms with Crippen molar-refractivity contribution in [2.24, 2.45) is 0 Å². The molecular weight excluding hydrogens is 424 g/mol. The Bertz CT molecular complexity index is 409. The van der Waals surface area contributed by atoms with Gasteiger partial charge in [-0.05, 0) is 25.7 Å². The molecule has 0 saturated carbocycles. The van der Waals surface area contributed by atoms with E-state index in [2.05, 4.69) is 13.8 Å². The predicted molar refractivity (Wildman–Crippen MR) is 141 cm³/mol. The summed E-state index contributed by atoms with van der Waals surface area (Å²) in [6.07, 6.45) is 31.0. The molecule has 0 radical (unpaired) electrons. The minimum absolute atomic E-state index is 0.233. The van der Waals surface area contributed by atoms with Crippen LogP contribution in [0.5, 0.6) is 0 Å². The van der Waals surface area contributed by atoms with Crippen LogP contribution in [-0.4, -0.2) is 11.9 Å². The first kappa shape index (κ1) is 35.1. The molecule has 34 heavy (non-hydrogen) atoms. The van der Waals surface area contributed by atoms with Crippen LogP contribution in [0.4, 0.5) is 0 Å². The quantitative estimate of drug-likeness (QED) is 0.119. The van der Waals surface area contributed by atoms with Crippen molar-refractivity contribution in [1.29, 1.82) is 0 Å². The molecule has 0 aromatic carbocycles. The highest BCUT2D eigenvalue weighted by molar-refractivity contribution is 5.64. The van der Waals surface area contributed by atoms with Crippen LogP contribution in [0.15, 0.2) is 0 Å². The second kappa shape index (κ2) is 31.9. The van der Waals surface area contributed by atoms with Gasteiger partial charge in [0.1, 0.15) is 0 Å². The van der Waals surface area contributed by atoms with Gasteiger partial charge in [-0.15, -0.1) is 0 Å². The number of hydrogen-bond donors (Lipinski definition) is 0. The molecule has 0 aromatic rings. The molecule has 0 unspecified atom stereocenters. The van der Waals surface area contributed by atoms with E-state index in [-0.39, 0.29) is 12.8 Å². The van der Waals surface area contributed by atoms with E-state index in [1.807, 2.05) is 0 Å². The molecule has 0 atom stereocenters. The van der Waals surface area contributed by atoms with Crippen molar-refractivity contribution in [3.63, 3.8) is 0 Å². The van der Waals surface area contributed by atoms with Gasteiger partial charge in [0.25, 0.3) is 0 Å². The van der Waals surface area contributed by atoms with Crippen molar-refractivity contribution in [2.45, 2.75) is 181 Å². The maximum Gasteiger partial charge on any atom is 0.0414 e. The Morgan fingerprint density at radius 1 is 0.353 bits per heavy atom. The lowest BCUT2D eigenvalue weighted by Crippen LogP contribution is -2.21. The molecule has 0 amide bonds. The molecule has 0 aliphatic carbocycles. The fourth-order valence-corrected chi connectivity index (χ4v) is 4.22. The van der Waals surface area contributed by atoms with Gasteiger partial charge in [0.2, 0.25) is 0 Å². The number of hydrogen-bond acceptors (Lipinski definition) is 4. The van der Waals surface area contributed by atoms with Gasteiger partial charge < -0.3 is 19.8 Å². The molecule has 0 spiro atoms. The van der Waals surface area contributed by atoms with Crippen LogP contribution in [0.25, 0.3) is 0 Å². The van der Waals surface area contributed by atoms with Crippen LogP contribution < -0.4 is 10.2 Å². The Hall–Kier alpha value is -1.06. The van der Waals surface area contributed by atoms with Gasteiger partial charge in [-0.3, -0.25) is 0 Å². The standard InChI is InChI=1S/C16H32O2.C14H28O2/c1-2-3-4-5-6-7-8-9-10-11-12-13-14-15-16(17)18;1-2-3-4-5-6-7-8-9-10-11-12-13-14(15)16/h2-15H2,1H3,(H,17,18);2-13H2,1H3,(H,15,16)/p-2. The highest BCUT2D eigenvalue weighted by Crippen LogP contribution is 2.13. The maximum absolute atomic E-state index is 10.2. The summed E-state index contributed by atoms with van der Waals surface area (Å²) in [7, 11) is 0. The third-order valence-corrected chi connectivity index (χ3v) is 6.47. The Labute approximate surface area is 212 Å². The van der Waals surface area contributed by atoms with Crippen LogP contribution in [0.1, 0.15) is 181 Å². The first-order valence-electron chi connectivity index (χ1n) is 14.9. The van der Waals surface area contributed by atoms with Crippen molar-refractivity contribution in [2.75, 3.05) is 0 Å². The molecule has 0 heterocycles. The molecule has 0 bridgehead atoms. The zero-order valence-electron chi connectivity index (χ0n) is 23.0. The zero-order chi connectivity index (χ0) is 25.5. The molecule has 0 aliphatic heterocycles. The molecule has 4 heteroatoms. The van der Waals surface area contributed by atoms with Crippen LogP contribution in [-0.2, 0) is 9.59 Å².